The molecule has 0 spiro atoms. The molecule has 3 heteroatoms. The van der Waals surface area contributed by atoms with Crippen molar-refractivity contribution < 1.29 is 9.47 Å². The van der Waals surface area contributed by atoms with Gasteiger partial charge in [-0.15, -0.1) is 0 Å². The normalized spacial score (nSPS) is 11.2. The molecule has 0 radical (unpaired) electrons. The van der Waals surface area contributed by atoms with Crippen molar-refractivity contribution in [3.63, 3.8) is 0 Å². The Bertz CT molecular complexity index is 806. The third-order valence-electron chi connectivity index (χ3n) is 3.95. The van der Waals surface area contributed by atoms with Gasteiger partial charge >= 0.3 is 167 Å². The van der Waals surface area contributed by atoms with Crippen LogP contribution in [0.1, 0.15) is 27.7 Å². The van der Waals surface area contributed by atoms with Crippen LogP contribution in [0.3, 0.4) is 0 Å². The van der Waals surface area contributed by atoms with Gasteiger partial charge in [-0.2, -0.15) is 0 Å². The molecule has 0 heterocycles. The number of rotatable bonds is 7. The van der Waals surface area contributed by atoms with E-state index in [0.717, 1.165) is 11.5 Å². The maximum atomic E-state index is 6.19. The SMILES string of the molecule is CC(C)Oc1ccccc1[As](c1ccccc1)c1ccccc1OC(C)C. The quantitative estimate of drug-likeness (QED) is 0.540. The predicted molar refractivity (Wildman–Crippen MR) is 116 cm³/mol. The summed E-state index contributed by atoms with van der Waals surface area (Å²) in [5.74, 6) is 1.96. The van der Waals surface area contributed by atoms with Gasteiger partial charge in [0.1, 0.15) is 0 Å². The molecule has 3 aromatic rings. The van der Waals surface area contributed by atoms with E-state index in [1.807, 2.05) is 0 Å². The van der Waals surface area contributed by atoms with Crippen molar-refractivity contribution in [2.24, 2.45) is 0 Å². The van der Waals surface area contributed by atoms with Gasteiger partial charge < -0.3 is 0 Å². The molecular formula is C24H27AsO2. The predicted octanol–water partition coefficient (Wildman–Crippen LogP) is 3.78. The van der Waals surface area contributed by atoms with Crippen molar-refractivity contribution in [2.45, 2.75) is 39.9 Å². The Morgan fingerprint density at radius 2 is 0.963 bits per heavy atom. The summed E-state index contributed by atoms with van der Waals surface area (Å²) in [7, 11) is 0. The molecule has 0 aromatic heterocycles. The average Bonchev–Trinajstić information content (AvgIpc) is 2.65. The Morgan fingerprint density at radius 3 is 1.41 bits per heavy atom. The van der Waals surface area contributed by atoms with Crippen LogP contribution in [0.4, 0.5) is 0 Å². The minimum absolute atomic E-state index is 0.139. The monoisotopic (exact) mass is 422 g/mol. The van der Waals surface area contributed by atoms with Gasteiger partial charge in [-0.25, -0.2) is 0 Å². The maximum absolute atomic E-state index is 6.19. The Labute approximate surface area is 167 Å². The summed E-state index contributed by atoms with van der Waals surface area (Å²) in [4.78, 5) is 0. The van der Waals surface area contributed by atoms with Gasteiger partial charge in [0, 0.05) is 0 Å². The molecule has 2 nitrogen and oxygen atoms in total. The second-order valence-corrected chi connectivity index (χ2v) is 11.5. The fraction of sp³-hybridized carbons (Fsp3) is 0.250. The van der Waals surface area contributed by atoms with Crippen molar-refractivity contribution in [2.75, 3.05) is 0 Å². The minimum atomic E-state index is -1.84. The molecule has 0 unspecified atom stereocenters. The molecular weight excluding hydrogens is 395 g/mol. The number of hydrogen-bond acceptors (Lipinski definition) is 2. The van der Waals surface area contributed by atoms with Crippen molar-refractivity contribution in [1.29, 1.82) is 0 Å². The van der Waals surface area contributed by atoms with Gasteiger partial charge in [0.2, 0.25) is 0 Å². The van der Waals surface area contributed by atoms with E-state index in [1.54, 1.807) is 0 Å². The van der Waals surface area contributed by atoms with Gasteiger partial charge in [-0.1, -0.05) is 0 Å². The van der Waals surface area contributed by atoms with Crippen LogP contribution in [0, 0.1) is 0 Å². The molecule has 0 atom stereocenters. The molecule has 3 aromatic carbocycles. The van der Waals surface area contributed by atoms with Gasteiger partial charge in [0.15, 0.2) is 0 Å². The number of para-hydroxylation sites is 2. The second kappa shape index (κ2) is 9.15. The van der Waals surface area contributed by atoms with E-state index in [1.165, 1.54) is 13.1 Å². The first-order chi connectivity index (χ1) is 13.1. The molecule has 0 N–H and O–H groups in total. The third-order valence-corrected chi connectivity index (χ3v) is 9.23. The van der Waals surface area contributed by atoms with Gasteiger partial charge in [0.25, 0.3) is 0 Å². The second-order valence-electron chi connectivity index (χ2n) is 6.94. The van der Waals surface area contributed by atoms with Crippen LogP contribution >= 0.6 is 0 Å². The van der Waals surface area contributed by atoms with Crippen molar-refractivity contribution >= 4 is 27.7 Å². The van der Waals surface area contributed by atoms with Crippen LogP contribution in [0.15, 0.2) is 78.9 Å². The first-order valence-electron chi connectivity index (χ1n) is 9.43. The summed E-state index contributed by atoms with van der Waals surface area (Å²) in [6, 6.07) is 27.7. The summed E-state index contributed by atoms with van der Waals surface area (Å²) in [6.07, 6.45) is 0.278. The zero-order chi connectivity index (χ0) is 19.2. The molecule has 140 valence electrons. The fourth-order valence-electron chi connectivity index (χ4n) is 2.98. The standard InChI is InChI=1S/C24H27AsO2/c1-18(2)26-23-16-10-8-14-21(23)25(20-12-6-5-7-13-20)22-15-9-11-17-24(22)27-19(3)4/h5-19H,1-4H3. The van der Waals surface area contributed by atoms with E-state index in [4.69, 9.17) is 9.47 Å². The van der Waals surface area contributed by atoms with Crippen LogP contribution < -0.4 is 22.5 Å². The molecule has 27 heavy (non-hydrogen) atoms. The van der Waals surface area contributed by atoms with E-state index < -0.39 is 14.7 Å². The number of hydrogen-bond donors (Lipinski definition) is 0. The van der Waals surface area contributed by atoms with Gasteiger partial charge in [-0.05, 0) is 0 Å². The summed E-state index contributed by atoms with van der Waals surface area (Å²) in [5, 5.41) is 0. The fourth-order valence-corrected chi connectivity index (χ4v) is 8.12. The van der Waals surface area contributed by atoms with Crippen LogP contribution in [-0.2, 0) is 0 Å². The van der Waals surface area contributed by atoms with E-state index in [0.29, 0.717) is 0 Å². The summed E-state index contributed by atoms with van der Waals surface area (Å²) < 4.78 is 16.3. The van der Waals surface area contributed by atoms with Crippen molar-refractivity contribution in [3.05, 3.63) is 78.9 Å². The first-order valence-corrected chi connectivity index (χ1v) is 12.2. The molecule has 3 rings (SSSR count). The Morgan fingerprint density at radius 1 is 0.556 bits per heavy atom. The zero-order valence-corrected chi connectivity index (χ0v) is 18.3. The first kappa shape index (κ1) is 19.6. The summed E-state index contributed by atoms with van der Waals surface area (Å²) >= 11 is -1.84. The van der Waals surface area contributed by atoms with E-state index in [-0.39, 0.29) is 12.2 Å². The van der Waals surface area contributed by atoms with Crippen LogP contribution in [0.5, 0.6) is 11.5 Å². The van der Waals surface area contributed by atoms with Crippen LogP contribution in [0.25, 0.3) is 0 Å². The summed E-state index contributed by atoms with van der Waals surface area (Å²) in [5.41, 5.74) is 0. The molecule has 0 bridgehead atoms. The number of benzene rings is 3. The molecule has 0 aliphatic rings. The molecule has 0 fully saturated rings. The number of ether oxygens (including phenoxy) is 2. The van der Waals surface area contributed by atoms with Crippen LogP contribution in [0.2, 0.25) is 0 Å². The van der Waals surface area contributed by atoms with Gasteiger partial charge in [0.05, 0.1) is 0 Å². The van der Waals surface area contributed by atoms with Gasteiger partial charge in [-0.3, -0.25) is 0 Å². The van der Waals surface area contributed by atoms with E-state index in [9.17, 15) is 0 Å². The van der Waals surface area contributed by atoms with Crippen LogP contribution in [-0.4, -0.2) is 26.9 Å². The van der Waals surface area contributed by atoms with Crippen molar-refractivity contribution in [3.8, 4) is 11.5 Å². The zero-order valence-electron chi connectivity index (χ0n) is 16.4. The molecule has 0 saturated heterocycles. The third kappa shape index (κ3) is 4.96. The Balaban J connectivity index is 2.19. The topological polar surface area (TPSA) is 18.5 Å². The average molecular weight is 422 g/mol. The molecule has 0 amide bonds. The van der Waals surface area contributed by atoms with Crippen molar-refractivity contribution in [1.82, 2.24) is 0 Å². The molecule has 0 saturated carbocycles. The van der Waals surface area contributed by atoms with E-state index >= 15 is 0 Å². The van der Waals surface area contributed by atoms with E-state index in [2.05, 4.69) is 107 Å². The summed E-state index contributed by atoms with van der Waals surface area (Å²) in [6.45, 7) is 8.30. The Kier molecular flexibility index (Phi) is 6.63. The molecule has 0 aliphatic heterocycles. The molecule has 0 aliphatic carbocycles. The Hall–Kier alpha value is -2.18.